The summed E-state index contributed by atoms with van der Waals surface area (Å²) in [6.07, 6.45) is 1.68. The van der Waals surface area contributed by atoms with Gasteiger partial charge in [0.15, 0.2) is 0 Å². The van der Waals surface area contributed by atoms with Crippen LogP contribution in [0, 0.1) is 5.92 Å². The van der Waals surface area contributed by atoms with Crippen LogP contribution >= 0.6 is 12.4 Å². The predicted octanol–water partition coefficient (Wildman–Crippen LogP) is 0.931. The van der Waals surface area contributed by atoms with Gasteiger partial charge in [-0.25, -0.2) is 0 Å². The van der Waals surface area contributed by atoms with E-state index in [-0.39, 0.29) is 30.3 Å². The Balaban J connectivity index is 0.00000196. The molecule has 0 radical (unpaired) electrons. The lowest BCUT2D eigenvalue weighted by molar-refractivity contribution is -0.138. The van der Waals surface area contributed by atoms with Crippen molar-refractivity contribution in [3.63, 3.8) is 0 Å². The highest BCUT2D eigenvalue weighted by atomic mass is 35.5. The molecule has 0 aromatic carbocycles. The molecule has 15 heavy (non-hydrogen) atoms. The van der Waals surface area contributed by atoms with E-state index in [1.54, 1.807) is 0 Å². The third-order valence-corrected chi connectivity index (χ3v) is 2.92. The standard InChI is InChI=1S/C10H18N2O2.ClH/c1-3-7(2)8(11)6-12-9(13)4-5-10(12)14;/h7-8H,3-6,11H2,1-2H3;1H. The van der Waals surface area contributed by atoms with Crippen LogP contribution in [-0.2, 0) is 9.59 Å². The summed E-state index contributed by atoms with van der Waals surface area (Å²) in [7, 11) is 0. The van der Waals surface area contributed by atoms with Crippen molar-refractivity contribution < 1.29 is 9.59 Å². The number of hydrogen-bond acceptors (Lipinski definition) is 3. The minimum atomic E-state index is -0.0917. The summed E-state index contributed by atoms with van der Waals surface area (Å²) in [5, 5.41) is 0. The number of nitrogens with two attached hydrogens (primary N) is 1. The maximum absolute atomic E-state index is 11.3. The molecule has 0 aliphatic carbocycles. The van der Waals surface area contributed by atoms with Crippen molar-refractivity contribution in [2.45, 2.75) is 39.2 Å². The van der Waals surface area contributed by atoms with Crippen molar-refractivity contribution in [3.8, 4) is 0 Å². The molecule has 2 N–H and O–H groups in total. The van der Waals surface area contributed by atoms with Gasteiger partial charge in [0.05, 0.1) is 0 Å². The molecular formula is C10H19ClN2O2. The maximum Gasteiger partial charge on any atom is 0.229 e. The number of carbonyl (C=O) groups excluding carboxylic acids is 2. The van der Waals surface area contributed by atoms with Crippen molar-refractivity contribution >= 4 is 24.2 Å². The molecule has 0 saturated carbocycles. The van der Waals surface area contributed by atoms with Crippen LogP contribution in [0.1, 0.15) is 33.1 Å². The number of likely N-dealkylation sites (tertiary alicyclic amines) is 1. The average Bonchev–Trinajstić information content (AvgIpc) is 2.48. The van der Waals surface area contributed by atoms with Crippen molar-refractivity contribution in [2.75, 3.05) is 6.54 Å². The first-order valence-electron chi connectivity index (χ1n) is 5.15. The van der Waals surface area contributed by atoms with Gasteiger partial charge >= 0.3 is 0 Å². The summed E-state index contributed by atoms with van der Waals surface area (Å²) in [4.78, 5) is 23.9. The zero-order valence-electron chi connectivity index (χ0n) is 9.23. The van der Waals surface area contributed by atoms with Gasteiger partial charge in [0.2, 0.25) is 11.8 Å². The number of hydrogen-bond donors (Lipinski definition) is 1. The molecule has 1 aliphatic rings. The first-order valence-corrected chi connectivity index (χ1v) is 5.15. The van der Waals surface area contributed by atoms with Gasteiger partial charge in [0, 0.05) is 25.4 Å². The van der Waals surface area contributed by atoms with Crippen LogP contribution < -0.4 is 5.73 Å². The van der Waals surface area contributed by atoms with Gasteiger partial charge in [-0.3, -0.25) is 14.5 Å². The Hall–Kier alpha value is -0.610. The van der Waals surface area contributed by atoms with E-state index in [0.717, 1.165) is 6.42 Å². The van der Waals surface area contributed by atoms with Crippen LogP contribution in [0.2, 0.25) is 0 Å². The van der Waals surface area contributed by atoms with Crippen molar-refractivity contribution in [2.24, 2.45) is 11.7 Å². The molecule has 2 atom stereocenters. The maximum atomic E-state index is 11.3. The predicted molar refractivity (Wildman–Crippen MR) is 60.6 cm³/mol. The Morgan fingerprint density at radius 2 is 1.80 bits per heavy atom. The third kappa shape index (κ3) is 3.47. The topological polar surface area (TPSA) is 63.4 Å². The van der Waals surface area contributed by atoms with Gasteiger partial charge in [0.1, 0.15) is 0 Å². The molecule has 0 aromatic heterocycles. The molecule has 1 fully saturated rings. The number of rotatable bonds is 4. The third-order valence-electron chi connectivity index (χ3n) is 2.92. The van der Waals surface area contributed by atoms with Gasteiger partial charge in [-0.1, -0.05) is 20.3 Å². The normalized spacial score (nSPS) is 20.1. The number of halogens is 1. The molecular weight excluding hydrogens is 216 g/mol. The van der Waals surface area contributed by atoms with Gasteiger partial charge in [-0.2, -0.15) is 0 Å². The summed E-state index contributed by atoms with van der Waals surface area (Å²) < 4.78 is 0. The van der Waals surface area contributed by atoms with Gasteiger partial charge in [-0.05, 0) is 5.92 Å². The van der Waals surface area contributed by atoms with Crippen LogP contribution in [0.25, 0.3) is 0 Å². The quantitative estimate of drug-likeness (QED) is 0.737. The Bertz CT molecular complexity index is 230. The van der Waals surface area contributed by atoms with Crippen molar-refractivity contribution in [1.82, 2.24) is 4.90 Å². The molecule has 1 rings (SSSR count). The van der Waals surface area contributed by atoms with E-state index in [0.29, 0.717) is 25.3 Å². The fourth-order valence-corrected chi connectivity index (χ4v) is 1.52. The summed E-state index contributed by atoms with van der Waals surface area (Å²) >= 11 is 0. The molecule has 1 aliphatic heterocycles. The molecule has 2 amide bonds. The molecule has 0 bridgehead atoms. The largest absolute Gasteiger partial charge is 0.326 e. The fraction of sp³-hybridized carbons (Fsp3) is 0.800. The molecule has 0 spiro atoms. The molecule has 4 nitrogen and oxygen atoms in total. The second-order valence-corrected chi connectivity index (χ2v) is 3.95. The number of nitrogens with zero attached hydrogens (tertiary/aromatic N) is 1. The van der Waals surface area contributed by atoms with E-state index >= 15 is 0 Å². The second-order valence-electron chi connectivity index (χ2n) is 3.95. The molecule has 88 valence electrons. The number of amides is 2. The lowest BCUT2D eigenvalue weighted by Crippen LogP contribution is -2.43. The van der Waals surface area contributed by atoms with E-state index in [2.05, 4.69) is 6.92 Å². The first kappa shape index (κ1) is 14.4. The van der Waals surface area contributed by atoms with E-state index in [1.165, 1.54) is 4.90 Å². The van der Waals surface area contributed by atoms with Gasteiger partial charge in [-0.15, -0.1) is 12.4 Å². The minimum absolute atomic E-state index is 0. The van der Waals surface area contributed by atoms with E-state index in [4.69, 9.17) is 5.73 Å². The zero-order chi connectivity index (χ0) is 10.7. The van der Waals surface area contributed by atoms with Crippen LogP contribution in [0.5, 0.6) is 0 Å². The van der Waals surface area contributed by atoms with Crippen LogP contribution in [-0.4, -0.2) is 29.3 Å². The Morgan fingerprint density at radius 3 is 2.20 bits per heavy atom. The minimum Gasteiger partial charge on any atom is -0.326 e. The molecule has 0 aromatic rings. The highest BCUT2D eigenvalue weighted by Crippen LogP contribution is 2.14. The number of imide groups is 1. The van der Waals surface area contributed by atoms with Crippen molar-refractivity contribution in [3.05, 3.63) is 0 Å². The molecule has 5 heteroatoms. The van der Waals surface area contributed by atoms with Crippen LogP contribution in [0.15, 0.2) is 0 Å². The van der Waals surface area contributed by atoms with E-state index in [1.807, 2.05) is 6.92 Å². The average molecular weight is 235 g/mol. The van der Waals surface area contributed by atoms with E-state index < -0.39 is 0 Å². The molecule has 1 heterocycles. The lowest BCUT2D eigenvalue weighted by Gasteiger charge is -2.23. The lowest BCUT2D eigenvalue weighted by atomic mass is 10.00. The summed E-state index contributed by atoms with van der Waals surface area (Å²) in [6, 6.07) is -0.0917. The second kappa shape index (κ2) is 6.08. The zero-order valence-corrected chi connectivity index (χ0v) is 10.0. The van der Waals surface area contributed by atoms with Crippen molar-refractivity contribution in [1.29, 1.82) is 0 Å². The Labute approximate surface area is 96.6 Å². The van der Waals surface area contributed by atoms with Crippen LogP contribution in [0.3, 0.4) is 0 Å². The Kier molecular flexibility index (Phi) is 5.83. The monoisotopic (exact) mass is 234 g/mol. The molecule has 1 saturated heterocycles. The number of carbonyl (C=O) groups is 2. The van der Waals surface area contributed by atoms with Gasteiger partial charge in [0.25, 0.3) is 0 Å². The molecule has 2 unspecified atom stereocenters. The fourth-order valence-electron chi connectivity index (χ4n) is 1.52. The first-order chi connectivity index (χ1) is 6.56. The summed E-state index contributed by atoms with van der Waals surface area (Å²) in [5.41, 5.74) is 5.89. The summed E-state index contributed by atoms with van der Waals surface area (Å²) in [5.74, 6) is 0.193. The highest BCUT2D eigenvalue weighted by Gasteiger charge is 2.30. The summed E-state index contributed by atoms with van der Waals surface area (Å²) in [6.45, 7) is 4.47. The van der Waals surface area contributed by atoms with E-state index in [9.17, 15) is 9.59 Å². The smallest absolute Gasteiger partial charge is 0.229 e. The van der Waals surface area contributed by atoms with Gasteiger partial charge < -0.3 is 5.73 Å². The van der Waals surface area contributed by atoms with Crippen LogP contribution in [0.4, 0.5) is 0 Å². The highest BCUT2D eigenvalue weighted by molar-refractivity contribution is 6.01. The Morgan fingerprint density at radius 1 is 1.33 bits per heavy atom. The SMILES string of the molecule is CCC(C)C(N)CN1C(=O)CCC1=O.Cl.